The fourth-order valence-electron chi connectivity index (χ4n) is 6.76. The average Bonchev–Trinajstić information content (AvgIpc) is 3.48. The topological polar surface area (TPSA) is 56.5 Å². The van der Waals surface area contributed by atoms with Crippen molar-refractivity contribution in [1.29, 1.82) is 0 Å². The van der Waals surface area contributed by atoms with Gasteiger partial charge in [-0.2, -0.15) is 0 Å². The van der Waals surface area contributed by atoms with E-state index in [4.69, 9.17) is 15.0 Å². The largest absolute Gasteiger partial charge is 0.308 e. The number of fused-ring (bicyclic) bond motifs is 3. The minimum absolute atomic E-state index is 0.0254. The number of hydrogen-bond donors (Lipinski definition) is 0. The van der Waals surface area contributed by atoms with Crippen LogP contribution in [0.2, 0.25) is 0 Å². The molecule has 8 aromatic rings. The Morgan fingerprint density at radius 2 is 0.961 bits per heavy atom. The van der Waals surface area contributed by atoms with Crippen LogP contribution in [0.3, 0.4) is 0 Å². The lowest BCUT2D eigenvalue weighted by Gasteiger charge is -2.21. The Kier molecular flexibility index (Phi) is 7.87. The van der Waals surface area contributed by atoms with E-state index >= 15 is 0 Å². The number of benzene rings is 5. The first-order valence-corrected chi connectivity index (χ1v) is 17.6. The number of pyridine rings is 1. The van der Waals surface area contributed by atoms with Crippen molar-refractivity contribution >= 4 is 21.8 Å². The third-order valence-electron chi connectivity index (χ3n) is 9.67. The summed E-state index contributed by atoms with van der Waals surface area (Å²) in [6.07, 6.45) is 3.71. The number of hydrogen-bond acceptors (Lipinski definition) is 4. The SMILES string of the molecule is CC(C)(C)c1ccc2c3ccc(C(C)(C)C)cc3n(-c3ccc(-c4cccnc4)cc3-c3nc(-c4ccccc4)nc(-c4ccccc4)n3)c2c1. The highest BCUT2D eigenvalue weighted by molar-refractivity contribution is 6.10. The molecule has 0 N–H and O–H groups in total. The van der Waals surface area contributed by atoms with Gasteiger partial charge >= 0.3 is 0 Å². The minimum Gasteiger partial charge on any atom is -0.308 e. The molecule has 0 unspecified atom stereocenters. The van der Waals surface area contributed by atoms with Crippen molar-refractivity contribution in [2.24, 2.45) is 0 Å². The van der Waals surface area contributed by atoms with Crippen LogP contribution < -0.4 is 0 Å². The van der Waals surface area contributed by atoms with E-state index in [1.807, 2.05) is 48.7 Å². The summed E-state index contributed by atoms with van der Waals surface area (Å²) in [6, 6.07) is 44.9. The maximum Gasteiger partial charge on any atom is 0.166 e. The zero-order chi connectivity index (χ0) is 35.3. The third-order valence-corrected chi connectivity index (χ3v) is 9.67. The van der Waals surface area contributed by atoms with Gasteiger partial charge in [0.25, 0.3) is 0 Å². The monoisotopic (exact) mass is 663 g/mol. The lowest BCUT2D eigenvalue weighted by Crippen LogP contribution is -2.11. The lowest BCUT2D eigenvalue weighted by molar-refractivity contribution is 0.591. The first kappa shape index (κ1) is 32.3. The molecule has 8 rings (SSSR count). The molecule has 0 atom stereocenters. The molecule has 3 heterocycles. The summed E-state index contributed by atoms with van der Waals surface area (Å²) in [6.45, 7) is 13.6. The average molecular weight is 664 g/mol. The zero-order valence-corrected chi connectivity index (χ0v) is 30.0. The Labute approximate surface area is 299 Å². The van der Waals surface area contributed by atoms with Crippen LogP contribution in [0.4, 0.5) is 0 Å². The number of rotatable bonds is 5. The Hall–Kier alpha value is -5.94. The highest BCUT2D eigenvalue weighted by Crippen LogP contribution is 2.41. The van der Waals surface area contributed by atoms with Crippen LogP contribution in [0.25, 0.3) is 72.8 Å². The molecular formula is C46H41N5. The molecule has 0 fully saturated rings. The summed E-state index contributed by atoms with van der Waals surface area (Å²) in [7, 11) is 0. The Morgan fingerprint density at radius 3 is 1.45 bits per heavy atom. The van der Waals surface area contributed by atoms with E-state index in [1.54, 1.807) is 6.20 Å². The maximum atomic E-state index is 5.23. The molecule has 0 aliphatic carbocycles. The van der Waals surface area contributed by atoms with Crippen molar-refractivity contribution < 1.29 is 0 Å². The predicted molar refractivity (Wildman–Crippen MR) is 211 cm³/mol. The van der Waals surface area contributed by atoms with Crippen molar-refractivity contribution in [2.45, 2.75) is 52.4 Å². The zero-order valence-electron chi connectivity index (χ0n) is 30.0. The van der Waals surface area contributed by atoms with Gasteiger partial charge in [0.15, 0.2) is 17.5 Å². The van der Waals surface area contributed by atoms with E-state index in [2.05, 4.69) is 136 Å². The molecule has 0 saturated carbocycles. The standard InChI is InChI=1S/C46H41N5/c1-45(2,3)34-20-22-36-37-23-21-35(46(4,5)6)28-41(37)51(40(36)27-34)39-24-19-32(33-18-13-25-47-29-33)26-38(39)44-49-42(30-14-9-7-10-15-30)48-43(50-44)31-16-11-8-12-17-31/h7-29H,1-6H3. The second kappa shape index (κ2) is 12.4. The summed E-state index contributed by atoms with van der Waals surface area (Å²) in [4.78, 5) is 19.9. The smallest absolute Gasteiger partial charge is 0.166 e. The summed E-state index contributed by atoms with van der Waals surface area (Å²) in [5, 5.41) is 2.43. The number of aromatic nitrogens is 5. The van der Waals surface area contributed by atoms with E-state index in [0.29, 0.717) is 17.5 Å². The molecule has 51 heavy (non-hydrogen) atoms. The summed E-state index contributed by atoms with van der Waals surface area (Å²) in [5.74, 6) is 1.87. The number of nitrogens with zero attached hydrogens (tertiary/aromatic N) is 5. The molecule has 0 radical (unpaired) electrons. The summed E-state index contributed by atoms with van der Waals surface area (Å²) >= 11 is 0. The van der Waals surface area contributed by atoms with Gasteiger partial charge in [-0.25, -0.2) is 15.0 Å². The minimum atomic E-state index is -0.0254. The van der Waals surface area contributed by atoms with Gasteiger partial charge in [0.05, 0.1) is 16.7 Å². The van der Waals surface area contributed by atoms with E-state index in [-0.39, 0.29) is 10.8 Å². The van der Waals surface area contributed by atoms with Crippen LogP contribution in [-0.4, -0.2) is 24.5 Å². The predicted octanol–water partition coefficient (Wildman–Crippen LogP) is 11.6. The Morgan fingerprint density at radius 1 is 0.451 bits per heavy atom. The van der Waals surface area contributed by atoms with Crippen molar-refractivity contribution in [1.82, 2.24) is 24.5 Å². The Balaban J connectivity index is 1.49. The highest BCUT2D eigenvalue weighted by Gasteiger charge is 2.24. The van der Waals surface area contributed by atoms with Crippen LogP contribution in [-0.2, 0) is 10.8 Å². The van der Waals surface area contributed by atoms with Crippen LogP contribution in [0.1, 0.15) is 52.7 Å². The normalized spacial score (nSPS) is 12.1. The van der Waals surface area contributed by atoms with E-state index in [9.17, 15) is 0 Å². The molecule has 5 nitrogen and oxygen atoms in total. The molecule has 0 amide bonds. The van der Waals surface area contributed by atoms with Gasteiger partial charge in [-0.15, -0.1) is 0 Å². The maximum absolute atomic E-state index is 5.23. The molecule has 0 aliphatic heterocycles. The first-order valence-electron chi connectivity index (χ1n) is 17.6. The van der Waals surface area contributed by atoms with Crippen LogP contribution in [0.5, 0.6) is 0 Å². The van der Waals surface area contributed by atoms with Crippen molar-refractivity contribution in [3.63, 3.8) is 0 Å². The molecule has 0 saturated heterocycles. The summed E-state index contributed by atoms with van der Waals surface area (Å²) < 4.78 is 2.42. The van der Waals surface area contributed by atoms with Crippen molar-refractivity contribution in [3.8, 4) is 51.0 Å². The van der Waals surface area contributed by atoms with Gasteiger partial charge < -0.3 is 4.57 Å². The molecule has 5 heteroatoms. The van der Waals surface area contributed by atoms with Gasteiger partial charge in [0.1, 0.15) is 0 Å². The second-order valence-corrected chi connectivity index (χ2v) is 15.3. The van der Waals surface area contributed by atoms with E-state index in [1.165, 1.54) is 21.9 Å². The molecule has 0 spiro atoms. The highest BCUT2D eigenvalue weighted by atomic mass is 15.1. The molecule has 0 aliphatic rings. The lowest BCUT2D eigenvalue weighted by atomic mass is 9.86. The quantitative estimate of drug-likeness (QED) is 0.184. The fraction of sp³-hybridized carbons (Fsp3) is 0.174. The second-order valence-electron chi connectivity index (χ2n) is 15.3. The molecule has 250 valence electrons. The molecular weight excluding hydrogens is 623 g/mol. The first-order chi connectivity index (χ1) is 24.5. The van der Waals surface area contributed by atoms with Gasteiger partial charge in [0.2, 0.25) is 0 Å². The van der Waals surface area contributed by atoms with E-state index in [0.717, 1.165) is 44.5 Å². The van der Waals surface area contributed by atoms with Gasteiger partial charge in [-0.1, -0.05) is 139 Å². The summed E-state index contributed by atoms with van der Waals surface area (Å²) in [5.41, 5.74) is 10.7. The van der Waals surface area contributed by atoms with Crippen molar-refractivity contribution in [3.05, 3.63) is 151 Å². The molecule has 0 bridgehead atoms. The molecule has 5 aromatic carbocycles. The van der Waals surface area contributed by atoms with Gasteiger partial charge in [-0.3, -0.25) is 4.98 Å². The van der Waals surface area contributed by atoms with Crippen molar-refractivity contribution in [2.75, 3.05) is 0 Å². The molecule has 3 aromatic heterocycles. The third kappa shape index (κ3) is 6.10. The van der Waals surface area contributed by atoms with Crippen LogP contribution >= 0.6 is 0 Å². The fourth-order valence-corrected chi connectivity index (χ4v) is 6.76. The van der Waals surface area contributed by atoms with E-state index < -0.39 is 0 Å². The van der Waals surface area contributed by atoms with Crippen LogP contribution in [0.15, 0.2) is 140 Å². The van der Waals surface area contributed by atoms with Crippen LogP contribution in [0, 0.1) is 0 Å². The Bertz CT molecular complexity index is 2390. The van der Waals surface area contributed by atoms with Gasteiger partial charge in [-0.05, 0) is 57.9 Å². The van der Waals surface area contributed by atoms with Gasteiger partial charge in [0, 0.05) is 45.4 Å².